The molecule has 1 unspecified atom stereocenters. The second kappa shape index (κ2) is 6.43. The van der Waals surface area contributed by atoms with Crippen LogP contribution in [0.2, 0.25) is 0 Å². The Bertz CT molecular complexity index is 540. The second-order valence-electron chi connectivity index (χ2n) is 4.46. The van der Waals surface area contributed by atoms with Crippen molar-refractivity contribution in [3.05, 3.63) is 65.2 Å². The standard InChI is InChI=1S/C16H19FN2/c1-3-12-7-5-8-13(11-12)15(18-4-2)16-14(17)9-6-10-19-16/h5-11,15,18H,3-4H2,1-2H3. The number of rotatable bonds is 5. The van der Waals surface area contributed by atoms with Crippen molar-refractivity contribution in [2.75, 3.05) is 6.54 Å². The number of benzene rings is 1. The van der Waals surface area contributed by atoms with Gasteiger partial charge in [-0.05, 0) is 36.2 Å². The molecule has 1 heterocycles. The highest BCUT2D eigenvalue weighted by Gasteiger charge is 2.18. The third kappa shape index (κ3) is 3.18. The van der Waals surface area contributed by atoms with Crippen LogP contribution < -0.4 is 5.32 Å². The third-order valence-electron chi connectivity index (χ3n) is 3.16. The van der Waals surface area contributed by atoms with Crippen molar-refractivity contribution in [3.63, 3.8) is 0 Å². The fourth-order valence-corrected chi connectivity index (χ4v) is 2.18. The predicted octanol–water partition coefficient (Wildman–Crippen LogP) is 3.48. The monoisotopic (exact) mass is 258 g/mol. The van der Waals surface area contributed by atoms with Gasteiger partial charge in [-0.25, -0.2) is 4.39 Å². The summed E-state index contributed by atoms with van der Waals surface area (Å²) >= 11 is 0. The summed E-state index contributed by atoms with van der Waals surface area (Å²) in [7, 11) is 0. The van der Waals surface area contributed by atoms with E-state index < -0.39 is 0 Å². The minimum Gasteiger partial charge on any atom is -0.305 e. The first kappa shape index (κ1) is 13.7. The average molecular weight is 258 g/mol. The molecule has 0 spiro atoms. The molecule has 0 saturated heterocycles. The summed E-state index contributed by atoms with van der Waals surface area (Å²) in [6, 6.07) is 11.1. The van der Waals surface area contributed by atoms with Gasteiger partial charge in [0.1, 0.15) is 5.82 Å². The Balaban J connectivity index is 2.42. The zero-order valence-corrected chi connectivity index (χ0v) is 11.4. The molecule has 1 N–H and O–H groups in total. The zero-order valence-electron chi connectivity index (χ0n) is 11.4. The van der Waals surface area contributed by atoms with E-state index in [0.717, 1.165) is 18.5 Å². The Hall–Kier alpha value is -1.74. The van der Waals surface area contributed by atoms with Crippen LogP contribution in [0.25, 0.3) is 0 Å². The number of hydrogen-bond acceptors (Lipinski definition) is 2. The summed E-state index contributed by atoms with van der Waals surface area (Å²) in [6.45, 7) is 4.89. The lowest BCUT2D eigenvalue weighted by atomic mass is 9.99. The lowest BCUT2D eigenvalue weighted by Crippen LogP contribution is -2.24. The van der Waals surface area contributed by atoms with Crippen molar-refractivity contribution in [1.29, 1.82) is 0 Å². The Morgan fingerprint density at radius 2 is 2.05 bits per heavy atom. The molecule has 19 heavy (non-hydrogen) atoms. The van der Waals surface area contributed by atoms with E-state index in [0.29, 0.717) is 5.69 Å². The first-order valence-electron chi connectivity index (χ1n) is 6.68. The van der Waals surface area contributed by atoms with Crippen LogP contribution in [0.15, 0.2) is 42.6 Å². The maximum atomic E-state index is 13.9. The summed E-state index contributed by atoms with van der Waals surface area (Å²) < 4.78 is 13.9. The fraction of sp³-hybridized carbons (Fsp3) is 0.312. The van der Waals surface area contributed by atoms with E-state index >= 15 is 0 Å². The van der Waals surface area contributed by atoms with Gasteiger partial charge in [0.25, 0.3) is 0 Å². The number of aryl methyl sites for hydroxylation is 1. The molecule has 0 aliphatic heterocycles. The fourth-order valence-electron chi connectivity index (χ4n) is 2.18. The summed E-state index contributed by atoms with van der Waals surface area (Å²) in [4.78, 5) is 4.19. The van der Waals surface area contributed by atoms with Gasteiger partial charge in [-0.2, -0.15) is 0 Å². The molecule has 1 aromatic carbocycles. The number of nitrogens with zero attached hydrogens (tertiary/aromatic N) is 1. The van der Waals surface area contributed by atoms with Crippen LogP contribution in [0.5, 0.6) is 0 Å². The largest absolute Gasteiger partial charge is 0.305 e. The summed E-state index contributed by atoms with van der Waals surface area (Å²) in [5.74, 6) is -0.268. The number of nitrogens with one attached hydrogen (secondary N) is 1. The van der Waals surface area contributed by atoms with Crippen LogP contribution >= 0.6 is 0 Å². The van der Waals surface area contributed by atoms with Gasteiger partial charge in [0, 0.05) is 6.20 Å². The first-order valence-corrected chi connectivity index (χ1v) is 6.68. The first-order chi connectivity index (χ1) is 9.26. The van der Waals surface area contributed by atoms with E-state index in [1.807, 2.05) is 19.1 Å². The van der Waals surface area contributed by atoms with Gasteiger partial charge in [0.2, 0.25) is 0 Å². The molecular weight excluding hydrogens is 239 g/mol. The molecule has 3 heteroatoms. The second-order valence-corrected chi connectivity index (χ2v) is 4.46. The molecule has 0 aliphatic rings. The highest BCUT2D eigenvalue weighted by Crippen LogP contribution is 2.23. The third-order valence-corrected chi connectivity index (χ3v) is 3.16. The molecule has 1 aromatic heterocycles. The van der Waals surface area contributed by atoms with Crippen molar-refractivity contribution in [1.82, 2.24) is 10.3 Å². The minimum atomic E-state index is -0.268. The molecule has 0 radical (unpaired) electrons. The van der Waals surface area contributed by atoms with Crippen molar-refractivity contribution < 1.29 is 4.39 Å². The van der Waals surface area contributed by atoms with Crippen LogP contribution in [0.3, 0.4) is 0 Å². The molecule has 0 bridgehead atoms. The van der Waals surface area contributed by atoms with Crippen LogP contribution in [0, 0.1) is 5.82 Å². The van der Waals surface area contributed by atoms with Crippen LogP contribution in [0.1, 0.15) is 36.7 Å². The summed E-state index contributed by atoms with van der Waals surface area (Å²) in [5.41, 5.74) is 2.76. The van der Waals surface area contributed by atoms with Gasteiger partial charge >= 0.3 is 0 Å². The van der Waals surface area contributed by atoms with Gasteiger partial charge < -0.3 is 5.32 Å². The Kier molecular flexibility index (Phi) is 4.63. The zero-order chi connectivity index (χ0) is 13.7. The van der Waals surface area contributed by atoms with E-state index in [4.69, 9.17) is 0 Å². The van der Waals surface area contributed by atoms with E-state index in [1.165, 1.54) is 11.6 Å². The lowest BCUT2D eigenvalue weighted by Gasteiger charge is -2.19. The molecule has 0 aliphatic carbocycles. The predicted molar refractivity (Wildman–Crippen MR) is 75.5 cm³/mol. The lowest BCUT2D eigenvalue weighted by molar-refractivity contribution is 0.542. The summed E-state index contributed by atoms with van der Waals surface area (Å²) in [5, 5.41) is 3.30. The summed E-state index contributed by atoms with van der Waals surface area (Å²) in [6.07, 6.45) is 2.60. The van der Waals surface area contributed by atoms with Crippen molar-refractivity contribution in [2.45, 2.75) is 26.3 Å². The Labute approximate surface area is 113 Å². The number of halogens is 1. The molecular formula is C16H19FN2. The SMILES string of the molecule is CCNC(c1cccc(CC)c1)c1ncccc1F. The molecule has 0 saturated carbocycles. The van der Waals surface area contributed by atoms with E-state index in [2.05, 4.69) is 29.4 Å². The molecule has 0 amide bonds. The van der Waals surface area contributed by atoms with E-state index in [1.54, 1.807) is 12.3 Å². The number of pyridine rings is 1. The molecule has 2 rings (SSSR count). The molecule has 0 fully saturated rings. The normalized spacial score (nSPS) is 12.4. The quantitative estimate of drug-likeness (QED) is 0.888. The van der Waals surface area contributed by atoms with Crippen molar-refractivity contribution in [2.24, 2.45) is 0 Å². The van der Waals surface area contributed by atoms with Gasteiger partial charge in [-0.15, -0.1) is 0 Å². The highest BCUT2D eigenvalue weighted by molar-refractivity contribution is 5.32. The average Bonchev–Trinajstić information content (AvgIpc) is 2.46. The van der Waals surface area contributed by atoms with Crippen molar-refractivity contribution >= 4 is 0 Å². The highest BCUT2D eigenvalue weighted by atomic mass is 19.1. The molecule has 2 nitrogen and oxygen atoms in total. The van der Waals surface area contributed by atoms with E-state index in [9.17, 15) is 4.39 Å². The Morgan fingerprint density at radius 1 is 1.21 bits per heavy atom. The maximum absolute atomic E-state index is 13.9. The van der Waals surface area contributed by atoms with Gasteiger partial charge in [-0.3, -0.25) is 4.98 Å². The molecule has 100 valence electrons. The van der Waals surface area contributed by atoms with Crippen LogP contribution in [-0.4, -0.2) is 11.5 Å². The maximum Gasteiger partial charge on any atom is 0.146 e. The Morgan fingerprint density at radius 3 is 2.74 bits per heavy atom. The molecule has 2 aromatic rings. The van der Waals surface area contributed by atoms with Gasteiger partial charge in [0.05, 0.1) is 11.7 Å². The topological polar surface area (TPSA) is 24.9 Å². The smallest absolute Gasteiger partial charge is 0.146 e. The minimum absolute atomic E-state index is 0.197. The molecule has 1 atom stereocenters. The van der Waals surface area contributed by atoms with Gasteiger partial charge in [0.15, 0.2) is 0 Å². The van der Waals surface area contributed by atoms with Crippen molar-refractivity contribution in [3.8, 4) is 0 Å². The van der Waals surface area contributed by atoms with E-state index in [-0.39, 0.29) is 11.9 Å². The van der Waals surface area contributed by atoms with Gasteiger partial charge in [-0.1, -0.05) is 38.1 Å². The van der Waals surface area contributed by atoms with Crippen LogP contribution in [-0.2, 0) is 6.42 Å². The number of aromatic nitrogens is 1. The van der Waals surface area contributed by atoms with Crippen LogP contribution in [0.4, 0.5) is 4.39 Å². The number of hydrogen-bond donors (Lipinski definition) is 1.